The molecule has 0 aliphatic rings. The number of sulfonamides is 1. The van der Waals surface area contributed by atoms with Gasteiger partial charge in [0, 0.05) is 10.7 Å². The quantitative estimate of drug-likeness (QED) is 0.686. The highest BCUT2D eigenvalue weighted by Crippen LogP contribution is 2.20. The van der Waals surface area contributed by atoms with Crippen molar-refractivity contribution in [2.45, 2.75) is 11.8 Å². The summed E-state index contributed by atoms with van der Waals surface area (Å²) in [6.45, 7) is 2.02. The summed E-state index contributed by atoms with van der Waals surface area (Å²) in [6.07, 6.45) is 1.57. The van der Waals surface area contributed by atoms with Gasteiger partial charge in [-0.15, -0.1) is 0 Å². The molecular weight excluding hydrogens is 358 g/mol. The van der Waals surface area contributed by atoms with E-state index in [1.165, 1.54) is 17.7 Å². The average Bonchev–Trinajstić information content (AvgIpc) is 2.58. The van der Waals surface area contributed by atoms with Crippen LogP contribution in [-0.4, -0.2) is 13.4 Å². The summed E-state index contributed by atoms with van der Waals surface area (Å²) in [7, 11) is -3.73. The van der Waals surface area contributed by atoms with Crippen LogP contribution in [0.3, 0.4) is 0 Å². The largest absolute Gasteiger partial charge is 0.354 e. The van der Waals surface area contributed by atoms with Gasteiger partial charge in [-0.2, -0.15) is 0 Å². The molecule has 0 aliphatic heterocycles. The molecule has 0 saturated heterocycles. The second-order valence-electron chi connectivity index (χ2n) is 5.49. The summed E-state index contributed by atoms with van der Waals surface area (Å²) in [5, 5.41) is 3.56. The number of anilines is 3. The van der Waals surface area contributed by atoms with Crippen molar-refractivity contribution in [3.05, 3.63) is 77.4 Å². The van der Waals surface area contributed by atoms with Crippen molar-refractivity contribution < 1.29 is 8.42 Å². The van der Waals surface area contributed by atoms with Crippen LogP contribution in [0.5, 0.6) is 0 Å². The Balaban J connectivity index is 1.73. The van der Waals surface area contributed by atoms with E-state index in [1.54, 1.807) is 30.5 Å². The topological polar surface area (TPSA) is 71.1 Å². The first-order valence-electron chi connectivity index (χ1n) is 7.50. The van der Waals surface area contributed by atoms with E-state index in [4.69, 9.17) is 11.6 Å². The normalized spacial score (nSPS) is 11.1. The molecule has 0 saturated carbocycles. The minimum absolute atomic E-state index is 0.0867. The van der Waals surface area contributed by atoms with Gasteiger partial charge in [-0.1, -0.05) is 35.4 Å². The van der Waals surface area contributed by atoms with Crippen molar-refractivity contribution in [3.63, 3.8) is 0 Å². The SMILES string of the molecule is Cc1ccc(Nc2ccc(NS(=O)(=O)c3cccc(Cl)c3)nc2)cc1. The molecule has 25 heavy (non-hydrogen) atoms. The van der Waals surface area contributed by atoms with E-state index in [2.05, 4.69) is 15.0 Å². The van der Waals surface area contributed by atoms with Gasteiger partial charge in [-0.25, -0.2) is 13.4 Å². The fourth-order valence-electron chi connectivity index (χ4n) is 2.16. The Morgan fingerprint density at radius 3 is 2.32 bits per heavy atom. The van der Waals surface area contributed by atoms with Crippen LogP contribution in [0.2, 0.25) is 5.02 Å². The van der Waals surface area contributed by atoms with Gasteiger partial charge in [-0.05, 0) is 49.4 Å². The summed E-state index contributed by atoms with van der Waals surface area (Å²) in [4.78, 5) is 4.23. The van der Waals surface area contributed by atoms with E-state index in [9.17, 15) is 8.42 Å². The Morgan fingerprint density at radius 2 is 1.68 bits per heavy atom. The lowest BCUT2D eigenvalue weighted by atomic mass is 10.2. The van der Waals surface area contributed by atoms with E-state index in [0.717, 1.165) is 11.4 Å². The number of hydrogen-bond acceptors (Lipinski definition) is 4. The van der Waals surface area contributed by atoms with Crippen LogP contribution in [-0.2, 0) is 10.0 Å². The molecule has 128 valence electrons. The lowest BCUT2D eigenvalue weighted by Crippen LogP contribution is -2.13. The van der Waals surface area contributed by atoms with Crippen LogP contribution < -0.4 is 10.0 Å². The van der Waals surface area contributed by atoms with Crippen LogP contribution in [0, 0.1) is 6.92 Å². The van der Waals surface area contributed by atoms with Crippen LogP contribution in [0.15, 0.2) is 71.8 Å². The number of aryl methyl sites for hydroxylation is 1. The van der Waals surface area contributed by atoms with Gasteiger partial charge in [0.15, 0.2) is 0 Å². The highest BCUT2D eigenvalue weighted by Gasteiger charge is 2.15. The molecule has 3 rings (SSSR count). The fourth-order valence-corrected chi connectivity index (χ4v) is 3.47. The monoisotopic (exact) mass is 373 g/mol. The zero-order valence-corrected chi connectivity index (χ0v) is 15.0. The Morgan fingerprint density at radius 1 is 0.960 bits per heavy atom. The van der Waals surface area contributed by atoms with Gasteiger partial charge in [0.25, 0.3) is 10.0 Å². The van der Waals surface area contributed by atoms with Crippen molar-refractivity contribution >= 4 is 38.8 Å². The predicted molar refractivity (Wildman–Crippen MR) is 101 cm³/mol. The summed E-state index contributed by atoms with van der Waals surface area (Å²) in [5.41, 5.74) is 2.86. The molecule has 0 atom stereocenters. The van der Waals surface area contributed by atoms with Crippen LogP contribution >= 0.6 is 11.6 Å². The van der Waals surface area contributed by atoms with E-state index >= 15 is 0 Å². The summed E-state index contributed by atoms with van der Waals surface area (Å²) in [6, 6.07) is 17.3. The van der Waals surface area contributed by atoms with Gasteiger partial charge < -0.3 is 5.32 Å². The summed E-state index contributed by atoms with van der Waals surface area (Å²) < 4.78 is 27.1. The first-order chi connectivity index (χ1) is 11.9. The zero-order chi connectivity index (χ0) is 17.9. The van der Waals surface area contributed by atoms with Gasteiger partial charge in [0.2, 0.25) is 0 Å². The highest BCUT2D eigenvalue weighted by atomic mass is 35.5. The third-order valence-corrected chi connectivity index (χ3v) is 5.04. The maximum absolute atomic E-state index is 12.3. The second kappa shape index (κ2) is 7.13. The van der Waals surface area contributed by atoms with Gasteiger partial charge in [-0.3, -0.25) is 4.72 Å². The van der Waals surface area contributed by atoms with Gasteiger partial charge in [0.1, 0.15) is 5.82 Å². The third kappa shape index (κ3) is 4.49. The molecule has 0 aliphatic carbocycles. The molecule has 0 radical (unpaired) electrons. The Hall–Kier alpha value is -2.57. The van der Waals surface area contributed by atoms with Gasteiger partial charge >= 0.3 is 0 Å². The number of benzene rings is 2. The maximum Gasteiger partial charge on any atom is 0.263 e. The number of nitrogens with zero attached hydrogens (tertiary/aromatic N) is 1. The fraction of sp³-hybridized carbons (Fsp3) is 0.0556. The number of pyridine rings is 1. The molecule has 1 aromatic heterocycles. The molecule has 2 N–H and O–H groups in total. The molecule has 2 aromatic carbocycles. The van der Waals surface area contributed by atoms with E-state index < -0.39 is 10.0 Å². The zero-order valence-electron chi connectivity index (χ0n) is 13.4. The number of hydrogen-bond donors (Lipinski definition) is 2. The highest BCUT2D eigenvalue weighted by molar-refractivity contribution is 7.92. The molecule has 0 spiro atoms. The van der Waals surface area contributed by atoms with Crippen molar-refractivity contribution in [3.8, 4) is 0 Å². The number of rotatable bonds is 5. The molecule has 3 aromatic rings. The van der Waals surface area contributed by atoms with Crippen molar-refractivity contribution in [2.75, 3.05) is 10.0 Å². The van der Waals surface area contributed by atoms with Crippen molar-refractivity contribution in [2.24, 2.45) is 0 Å². The van der Waals surface area contributed by atoms with Crippen LogP contribution in [0.4, 0.5) is 17.2 Å². The molecule has 1 heterocycles. The first-order valence-corrected chi connectivity index (χ1v) is 9.37. The summed E-state index contributed by atoms with van der Waals surface area (Å²) in [5.74, 6) is 0.231. The van der Waals surface area contributed by atoms with Crippen LogP contribution in [0.25, 0.3) is 0 Å². The molecule has 0 fully saturated rings. The smallest absolute Gasteiger partial charge is 0.263 e. The van der Waals surface area contributed by atoms with E-state index in [1.807, 2.05) is 31.2 Å². The molecule has 0 unspecified atom stereocenters. The van der Waals surface area contributed by atoms with Gasteiger partial charge in [0.05, 0.1) is 16.8 Å². The van der Waals surface area contributed by atoms with Crippen molar-refractivity contribution in [1.29, 1.82) is 0 Å². The van der Waals surface area contributed by atoms with Crippen LogP contribution in [0.1, 0.15) is 5.56 Å². The Labute approximate surface area is 151 Å². The summed E-state index contributed by atoms with van der Waals surface area (Å²) >= 11 is 5.85. The van der Waals surface area contributed by atoms with E-state index in [-0.39, 0.29) is 10.7 Å². The predicted octanol–water partition coefficient (Wildman–Crippen LogP) is 4.59. The lowest BCUT2D eigenvalue weighted by Gasteiger charge is -2.09. The number of halogens is 1. The number of aromatic nitrogens is 1. The molecule has 0 bridgehead atoms. The Kier molecular flexibility index (Phi) is 4.92. The third-order valence-electron chi connectivity index (χ3n) is 3.45. The molecule has 0 amide bonds. The minimum atomic E-state index is -3.73. The molecule has 5 nitrogen and oxygen atoms in total. The second-order valence-corrected chi connectivity index (χ2v) is 7.60. The molecular formula is C18H16ClN3O2S. The lowest BCUT2D eigenvalue weighted by molar-refractivity contribution is 0.601. The van der Waals surface area contributed by atoms with E-state index in [0.29, 0.717) is 5.02 Å². The first kappa shape index (κ1) is 17.3. The Bertz CT molecular complexity index is 972. The van der Waals surface area contributed by atoms with Crippen molar-refractivity contribution in [1.82, 2.24) is 4.98 Å². The maximum atomic E-state index is 12.3. The minimum Gasteiger partial charge on any atom is -0.354 e. The molecule has 7 heteroatoms. The number of nitrogens with one attached hydrogen (secondary N) is 2. The average molecular weight is 374 g/mol. The standard InChI is InChI=1S/C18H16ClN3O2S/c1-13-5-7-15(8-6-13)21-16-9-10-18(20-12-16)22-25(23,24)17-4-2-3-14(19)11-17/h2-12,21H,1H3,(H,20,22).